The third kappa shape index (κ3) is 5.17. The van der Waals surface area contributed by atoms with Gasteiger partial charge in [-0.05, 0) is 48.9 Å². The number of rotatable bonds is 7. The monoisotopic (exact) mass is 413 g/mol. The lowest BCUT2D eigenvalue weighted by Crippen LogP contribution is -2.40. The average molecular weight is 413 g/mol. The number of benzene rings is 2. The van der Waals surface area contributed by atoms with Crippen LogP contribution in [0.3, 0.4) is 0 Å². The Morgan fingerprint density at radius 2 is 1.76 bits per heavy atom. The topological polar surface area (TPSA) is 79.4 Å². The summed E-state index contributed by atoms with van der Waals surface area (Å²) >= 11 is 0. The van der Waals surface area contributed by atoms with Crippen LogP contribution in [-0.2, 0) is 21.4 Å². The number of amides is 1. The van der Waals surface area contributed by atoms with Crippen LogP contribution >= 0.6 is 0 Å². The number of carbonyl (C=O) groups excluding carboxylic acids is 1. The normalized spacial score (nSPS) is 11.1. The summed E-state index contributed by atoms with van der Waals surface area (Å²) in [5.41, 5.74) is 2.04. The van der Waals surface area contributed by atoms with Crippen LogP contribution in [0.1, 0.15) is 11.1 Å². The van der Waals surface area contributed by atoms with Crippen LogP contribution in [0.4, 0.5) is 10.1 Å². The number of aromatic nitrogens is 1. The van der Waals surface area contributed by atoms with E-state index in [0.29, 0.717) is 11.3 Å². The van der Waals surface area contributed by atoms with Gasteiger partial charge >= 0.3 is 0 Å². The zero-order valence-corrected chi connectivity index (χ0v) is 16.6. The first kappa shape index (κ1) is 20.5. The van der Waals surface area contributed by atoms with Gasteiger partial charge in [0, 0.05) is 18.9 Å². The first-order valence-electron chi connectivity index (χ1n) is 8.87. The Kier molecular flexibility index (Phi) is 6.23. The number of nitrogens with one attached hydrogen (secondary N) is 1. The van der Waals surface area contributed by atoms with E-state index in [1.807, 2.05) is 6.92 Å². The van der Waals surface area contributed by atoms with Crippen molar-refractivity contribution in [3.63, 3.8) is 0 Å². The fraction of sp³-hybridized carbons (Fsp3) is 0.143. The van der Waals surface area contributed by atoms with Crippen molar-refractivity contribution < 1.29 is 17.6 Å². The molecule has 0 atom stereocenters. The molecule has 29 heavy (non-hydrogen) atoms. The van der Waals surface area contributed by atoms with Crippen LogP contribution in [0.25, 0.3) is 0 Å². The first-order chi connectivity index (χ1) is 13.9. The number of sulfonamides is 1. The minimum atomic E-state index is -3.99. The van der Waals surface area contributed by atoms with Gasteiger partial charge in [-0.1, -0.05) is 29.8 Å². The summed E-state index contributed by atoms with van der Waals surface area (Å²) in [6.45, 7) is 1.65. The standard InChI is InChI=1S/C21H20FN3O3S/c1-16-4-10-19(11-5-16)25(29(27,28)20-3-2-12-23-14-20)15-21(26)24-13-17-6-8-18(22)9-7-17/h2-12,14H,13,15H2,1H3,(H,24,26). The van der Waals surface area contributed by atoms with Gasteiger partial charge in [0.15, 0.2) is 0 Å². The Morgan fingerprint density at radius 1 is 1.07 bits per heavy atom. The molecule has 6 nitrogen and oxygen atoms in total. The Hall–Kier alpha value is -3.26. The van der Waals surface area contributed by atoms with E-state index >= 15 is 0 Å². The molecule has 0 radical (unpaired) electrons. The Balaban J connectivity index is 1.82. The number of hydrogen-bond acceptors (Lipinski definition) is 4. The van der Waals surface area contributed by atoms with E-state index in [9.17, 15) is 17.6 Å². The molecule has 0 fully saturated rings. The third-order valence-corrected chi connectivity index (χ3v) is 5.99. The molecule has 0 spiro atoms. The van der Waals surface area contributed by atoms with Crippen molar-refractivity contribution in [2.75, 3.05) is 10.8 Å². The summed E-state index contributed by atoms with van der Waals surface area (Å²) in [6.07, 6.45) is 2.72. The Labute approximate surface area is 169 Å². The van der Waals surface area contributed by atoms with Gasteiger partial charge in [-0.2, -0.15) is 0 Å². The van der Waals surface area contributed by atoms with Crippen molar-refractivity contribution in [3.05, 3.63) is 90.0 Å². The second-order valence-corrected chi connectivity index (χ2v) is 8.30. The highest BCUT2D eigenvalue weighted by Gasteiger charge is 2.27. The van der Waals surface area contributed by atoms with Crippen LogP contribution in [-0.4, -0.2) is 25.9 Å². The molecule has 0 aliphatic carbocycles. The summed E-state index contributed by atoms with van der Waals surface area (Å²) in [7, 11) is -3.99. The van der Waals surface area contributed by atoms with Gasteiger partial charge in [-0.3, -0.25) is 14.1 Å². The number of anilines is 1. The second kappa shape index (κ2) is 8.83. The van der Waals surface area contributed by atoms with Crippen LogP contribution in [0.5, 0.6) is 0 Å². The van der Waals surface area contributed by atoms with Gasteiger partial charge in [0.25, 0.3) is 10.0 Å². The molecule has 1 amide bonds. The van der Waals surface area contributed by atoms with E-state index in [2.05, 4.69) is 10.3 Å². The molecule has 8 heteroatoms. The Bertz CT molecular complexity index is 1070. The smallest absolute Gasteiger partial charge is 0.266 e. The molecule has 0 aliphatic rings. The molecule has 150 valence electrons. The highest BCUT2D eigenvalue weighted by atomic mass is 32.2. The van der Waals surface area contributed by atoms with Gasteiger partial charge in [0.05, 0.1) is 5.69 Å². The summed E-state index contributed by atoms with van der Waals surface area (Å²) < 4.78 is 40.3. The van der Waals surface area contributed by atoms with Gasteiger partial charge in [0.2, 0.25) is 5.91 Å². The van der Waals surface area contributed by atoms with Gasteiger partial charge in [0.1, 0.15) is 17.3 Å². The van der Waals surface area contributed by atoms with E-state index < -0.39 is 22.5 Å². The molecule has 1 aromatic heterocycles. The number of nitrogens with zero attached hydrogens (tertiary/aromatic N) is 2. The van der Waals surface area contributed by atoms with Gasteiger partial charge in [-0.25, -0.2) is 12.8 Å². The van der Waals surface area contributed by atoms with Crippen LogP contribution < -0.4 is 9.62 Å². The Morgan fingerprint density at radius 3 is 2.38 bits per heavy atom. The van der Waals surface area contributed by atoms with Crippen LogP contribution in [0, 0.1) is 12.7 Å². The lowest BCUT2D eigenvalue weighted by atomic mass is 10.2. The lowest BCUT2D eigenvalue weighted by Gasteiger charge is -2.24. The summed E-state index contributed by atoms with van der Waals surface area (Å²) in [6, 6.07) is 15.5. The molecule has 2 aromatic carbocycles. The first-order valence-corrected chi connectivity index (χ1v) is 10.3. The maximum absolute atomic E-state index is 13.1. The van der Waals surface area contributed by atoms with E-state index in [0.717, 1.165) is 9.87 Å². The molecule has 0 aliphatic heterocycles. The fourth-order valence-corrected chi connectivity index (χ4v) is 4.03. The minimum Gasteiger partial charge on any atom is -0.350 e. The van der Waals surface area contributed by atoms with Crippen molar-refractivity contribution in [1.82, 2.24) is 10.3 Å². The van der Waals surface area contributed by atoms with Gasteiger partial charge in [-0.15, -0.1) is 0 Å². The van der Waals surface area contributed by atoms with Crippen LogP contribution in [0.2, 0.25) is 0 Å². The minimum absolute atomic E-state index is 0.00749. The van der Waals surface area contributed by atoms with Crippen molar-refractivity contribution in [3.8, 4) is 0 Å². The van der Waals surface area contributed by atoms with E-state index in [-0.39, 0.29) is 17.3 Å². The fourth-order valence-electron chi connectivity index (χ4n) is 2.64. The highest BCUT2D eigenvalue weighted by Crippen LogP contribution is 2.23. The molecule has 0 bridgehead atoms. The summed E-state index contributed by atoms with van der Waals surface area (Å²) in [4.78, 5) is 16.4. The molecule has 0 saturated heterocycles. The maximum Gasteiger partial charge on any atom is 0.266 e. The molecular weight excluding hydrogens is 393 g/mol. The molecule has 1 heterocycles. The quantitative estimate of drug-likeness (QED) is 0.646. The molecule has 0 saturated carbocycles. The number of halogens is 1. The number of carbonyl (C=O) groups is 1. The van der Waals surface area contributed by atoms with E-state index in [4.69, 9.17) is 0 Å². The highest BCUT2D eigenvalue weighted by molar-refractivity contribution is 7.92. The SMILES string of the molecule is Cc1ccc(N(CC(=O)NCc2ccc(F)cc2)S(=O)(=O)c2cccnc2)cc1. The van der Waals surface area contributed by atoms with Crippen molar-refractivity contribution in [1.29, 1.82) is 0 Å². The van der Waals surface area contributed by atoms with Gasteiger partial charge < -0.3 is 5.32 Å². The predicted octanol–water partition coefficient (Wildman–Crippen LogP) is 3.04. The van der Waals surface area contributed by atoms with Crippen molar-refractivity contribution in [2.24, 2.45) is 0 Å². The van der Waals surface area contributed by atoms with Crippen LogP contribution in [0.15, 0.2) is 78.0 Å². The van der Waals surface area contributed by atoms with E-state index in [1.54, 1.807) is 36.4 Å². The molecule has 3 rings (SSSR count). The number of aryl methyl sites for hydroxylation is 1. The molecule has 3 aromatic rings. The summed E-state index contributed by atoms with van der Waals surface area (Å²) in [5, 5.41) is 2.67. The third-order valence-electron chi connectivity index (χ3n) is 4.23. The molecule has 0 unspecified atom stereocenters. The molecule has 1 N–H and O–H groups in total. The van der Waals surface area contributed by atoms with E-state index in [1.165, 1.54) is 36.7 Å². The summed E-state index contributed by atoms with van der Waals surface area (Å²) in [5.74, 6) is -0.851. The number of pyridine rings is 1. The molecular formula is C21H20FN3O3S. The lowest BCUT2D eigenvalue weighted by molar-refractivity contribution is -0.119. The average Bonchev–Trinajstić information content (AvgIpc) is 2.73. The maximum atomic E-state index is 13.1. The number of hydrogen-bond donors (Lipinski definition) is 1. The van der Waals surface area contributed by atoms with Crippen molar-refractivity contribution in [2.45, 2.75) is 18.4 Å². The van der Waals surface area contributed by atoms with Crippen molar-refractivity contribution >= 4 is 21.6 Å². The second-order valence-electron chi connectivity index (χ2n) is 6.44. The largest absolute Gasteiger partial charge is 0.350 e. The zero-order valence-electron chi connectivity index (χ0n) is 15.7. The zero-order chi connectivity index (χ0) is 20.9. The predicted molar refractivity (Wildman–Crippen MR) is 108 cm³/mol.